The number of nitrogens with zero attached hydrogens (tertiary/aromatic N) is 4. The monoisotopic (exact) mass is 470 g/mol. The van der Waals surface area contributed by atoms with Gasteiger partial charge >= 0.3 is 5.97 Å². The summed E-state index contributed by atoms with van der Waals surface area (Å²) in [4.78, 5) is 43.0. The number of anilines is 2. The molecule has 0 saturated carbocycles. The van der Waals surface area contributed by atoms with Crippen molar-refractivity contribution in [3.05, 3.63) is 54.6 Å². The number of furan rings is 1. The summed E-state index contributed by atoms with van der Waals surface area (Å²) in [6.07, 6.45) is 2.12. The predicted octanol–water partition coefficient (Wildman–Crippen LogP) is 3.87. The predicted molar refractivity (Wildman–Crippen MR) is 130 cm³/mol. The number of carboxylic acid groups (broad SMARTS) is 1. The van der Waals surface area contributed by atoms with E-state index >= 15 is 0 Å². The van der Waals surface area contributed by atoms with Gasteiger partial charge in [-0.2, -0.15) is 0 Å². The Hall–Kier alpha value is -4.47. The van der Waals surface area contributed by atoms with E-state index in [0.717, 1.165) is 16.4 Å². The van der Waals surface area contributed by atoms with Crippen LogP contribution in [0.5, 0.6) is 0 Å². The van der Waals surface area contributed by atoms with Crippen LogP contribution < -0.4 is 10.2 Å². The fraction of sp³-hybridized carbons (Fsp3) is 0.240. The normalized spacial score (nSPS) is 18.0. The quantitative estimate of drug-likeness (QED) is 0.352. The molecule has 4 heterocycles. The van der Waals surface area contributed by atoms with E-state index in [1.165, 1.54) is 0 Å². The van der Waals surface area contributed by atoms with Crippen LogP contribution in [-0.2, 0) is 9.59 Å². The lowest BCUT2D eigenvalue weighted by atomic mass is 10.0. The zero-order chi connectivity index (χ0) is 24.1. The molecule has 176 valence electrons. The van der Waals surface area contributed by atoms with Crippen molar-refractivity contribution in [1.29, 1.82) is 0 Å². The molecule has 2 atom stereocenters. The topological polar surface area (TPSA) is 137 Å². The third-order valence-corrected chi connectivity index (χ3v) is 6.44. The number of nitrogens with one attached hydrogen (secondary N) is 2. The van der Waals surface area contributed by atoms with Gasteiger partial charge in [-0.1, -0.05) is 12.1 Å². The number of aromatic nitrogens is 4. The molecule has 5 aromatic rings. The SMILES string of the molecule is Cc1nc(N2C[C@@H](CC(=O)Nc3ccc4nc[nH]c4c3)C[C@H]2C(=O)O)c2oc3ccccc3c2n1. The molecule has 1 fully saturated rings. The summed E-state index contributed by atoms with van der Waals surface area (Å²) in [5.41, 5.74) is 4.08. The summed E-state index contributed by atoms with van der Waals surface area (Å²) in [6.45, 7) is 2.14. The molecule has 1 aliphatic heterocycles. The third-order valence-electron chi connectivity index (χ3n) is 6.44. The summed E-state index contributed by atoms with van der Waals surface area (Å²) in [7, 11) is 0. The van der Waals surface area contributed by atoms with Gasteiger partial charge in [0.15, 0.2) is 11.4 Å². The molecule has 1 amide bonds. The van der Waals surface area contributed by atoms with Gasteiger partial charge in [0.1, 0.15) is 23.0 Å². The number of fused-ring (bicyclic) bond motifs is 4. The van der Waals surface area contributed by atoms with Crippen molar-refractivity contribution in [2.24, 2.45) is 5.92 Å². The number of carbonyl (C=O) groups excluding carboxylic acids is 1. The van der Waals surface area contributed by atoms with Crippen molar-refractivity contribution in [3.63, 3.8) is 0 Å². The average Bonchev–Trinajstić information content (AvgIpc) is 3.55. The lowest BCUT2D eigenvalue weighted by molar-refractivity contribution is -0.138. The zero-order valence-corrected chi connectivity index (χ0v) is 18.9. The summed E-state index contributed by atoms with van der Waals surface area (Å²) in [5, 5.41) is 13.7. The highest BCUT2D eigenvalue weighted by molar-refractivity contribution is 6.06. The van der Waals surface area contributed by atoms with Crippen molar-refractivity contribution in [3.8, 4) is 0 Å². The summed E-state index contributed by atoms with van der Waals surface area (Å²) >= 11 is 0. The molecule has 2 aromatic carbocycles. The van der Waals surface area contributed by atoms with Gasteiger partial charge in [0.05, 0.1) is 17.4 Å². The number of carboxylic acids is 1. The molecule has 10 nitrogen and oxygen atoms in total. The van der Waals surface area contributed by atoms with Crippen molar-refractivity contribution < 1.29 is 19.1 Å². The Morgan fingerprint density at radius 2 is 2.09 bits per heavy atom. The molecule has 35 heavy (non-hydrogen) atoms. The number of rotatable bonds is 5. The Labute approximate surface area is 199 Å². The molecular weight excluding hydrogens is 448 g/mol. The molecule has 0 bridgehead atoms. The maximum Gasteiger partial charge on any atom is 0.326 e. The molecule has 0 spiro atoms. The van der Waals surface area contributed by atoms with Gasteiger partial charge < -0.3 is 24.7 Å². The molecule has 1 saturated heterocycles. The van der Waals surface area contributed by atoms with Gasteiger partial charge in [-0.3, -0.25) is 4.79 Å². The number of H-pyrrole nitrogens is 1. The van der Waals surface area contributed by atoms with Crippen LogP contribution in [0.1, 0.15) is 18.7 Å². The molecule has 3 aromatic heterocycles. The fourth-order valence-electron chi connectivity index (χ4n) is 4.91. The first-order valence-electron chi connectivity index (χ1n) is 11.3. The number of carbonyl (C=O) groups is 2. The van der Waals surface area contributed by atoms with Crippen molar-refractivity contribution >= 4 is 56.5 Å². The highest BCUT2D eigenvalue weighted by Gasteiger charge is 2.40. The molecule has 0 aliphatic carbocycles. The van der Waals surface area contributed by atoms with Crippen LogP contribution in [0.2, 0.25) is 0 Å². The first kappa shape index (κ1) is 21.1. The van der Waals surface area contributed by atoms with Gasteiger partial charge in [0.2, 0.25) is 5.91 Å². The lowest BCUT2D eigenvalue weighted by Crippen LogP contribution is -2.36. The van der Waals surface area contributed by atoms with Gasteiger partial charge in [0.25, 0.3) is 0 Å². The van der Waals surface area contributed by atoms with Crippen molar-refractivity contribution in [2.75, 3.05) is 16.8 Å². The zero-order valence-electron chi connectivity index (χ0n) is 18.9. The Balaban J connectivity index is 1.27. The third kappa shape index (κ3) is 3.72. The molecule has 0 unspecified atom stereocenters. The van der Waals surface area contributed by atoms with E-state index in [-0.39, 0.29) is 18.2 Å². The van der Waals surface area contributed by atoms with Crippen LogP contribution in [0, 0.1) is 12.8 Å². The number of aliphatic carboxylic acids is 1. The molecule has 0 radical (unpaired) electrons. The second kappa shape index (κ2) is 8.08. The van der Waals surface area contributed by atoms with E-state index in [1.807, 2.05) is 36.4 Å². The maximum atomic E-state index is 12.8. The average molecular weight is 470 g/mol. The molecule has 1 aliphatic rings. The number of aromatic amines is 1. The maximum absolute atomic E-state index is 12.8. The first-order chi connectivity index (χ1) is 17.0. The molecule has 6 rings (SSSR count). The Morgan fingerprint density at radius 3 is 2.94 bits per heavy atom. The minimum Gasteiger partial charge on any atom is -0.480 e. The van der Waals surface area contributed by atoms with Gasteiger partial charge in [0, 0.05) is 24.0 Å². The van der Waals surface area contributed by atoms with E-state index < -0.39 is 12.0 Å². The molecule has 10 heteroatoms. The Bertz CT molecular complexity index is 1610. The Kier molecular flexibility index (Phi) is 4.87. The molecular formula is C25H22N6O4. The fourth-order valence-corrected chi connectivity index (χ4v) is 4.91. The van der Waals surface area contributed by atoms with E-state index in [4.69, 9.17) is 4.42 Å². The smallest absolute Gasteiger partial charge is 0.326 e. The largest absolute Gasteiger partial charge is 0.480 e. The second-order valence-corrected chi connectivity index (χ2v) is 8.87. The highest BCUT2D eigenvalue weighted by atomic mass is 16.4. The number of hydrogen-bond donors (Lipinski definition) is 3. The first-order valence-corrected chi connectivity index (χ1v) is 11.3. The van der Waals surface area contributed by atoms with Gasteiger partial charge in [-0.15, -0.1) is 0 Å². The van der Waals surface area contributed by atoms with Crippen LogP contribution in [0.3, 0.4) is 0 Å². The number of benzene rings is 2. The summed E-state index contributed by atoms with van der Waals surface area (Å²) in [5.74, 6) is -0.324. The second-order valence-electron chi connectivity index (χ2n) is 8.87. The number of para-hydroxylation sites is 1. The van der Waals surface area contributed by atoms with E-state index in [1.54, 1.807) is 24.2 Å². The van der Waals surface area contributed by atoms with Gasteiger partial charge in [-0.05, 0) is 49.6 Å². The minimum atomic E-state index is -0.960. The summed E-state index contributed by atoms with van der Waals surface area (Å²) < 4.78 is 6.06. The minimum absolute atomic E-state index is 0.165. The highest BCUT2D eigenvalue weighted by Crippen LogP contribution is 2.37. The van der Waals surface area contributed by atoms with Crippen LogP contribution in [0.4, 0.5) is 11.5 Å². The number of amides is 1. The molecule has 3 N–H and O–H groups in total. The van der Waals surface area contributed by atoms with E-state index in [9.17, 15) is 14.7 Å². The number of imidazole rings is 1. The van der Waals surface area contributed by atoms with E-state index in [0.29, 0.717) is 47.0 Å². The van der Waals surface area contributed by atoms with E-state index in [2.05, 4.69) is 25.3 Å². The van der Waals surface area contributed by atoms with Crippen molar-refractivity contribution in [2.45, 2.75) is 25.8 Å². The number of hydrogen-bond acceptors (Lipinski definition) is 7. The van der Waals surface area contributed by atoms with Crippen LogP contribution in [0.25, 0.3) is 33.1 Å². The van der Waals surface area contributed by atoms with Crippen LogP contribution >= 0.6 is 0 Å². The van der Waals surface area contributed by atoms with Gasteiger partial charge in [-0.25, -0.2) is 19.7 Å². The lowest BCUT2D eigenvalue weighted by Gasteiger charge is -2.22. The Morgan fingerprint density at radius 1 is 1.23 bits per heavy atom. The standard InChI is InChI=1S/C25H22N6O4/c1-13-28-22-16-4-2-3-5-20(16)35-23(22)24(29-13)31-11-14(8-19(31)25(33)34)9-21(32)30-15-6-7-17-18(10-15)27-12-26-17/h2-7,10,12,14,19H,8-9,11H2,1H3,(H,26,27)(H,30,32)(H,33,34)/t14-,19+/m1/s1. The number of aryl methyl sites for hydroxylation is 1. The van der Waals surface area contributed by atoms with Crippen LogP contribution in [0.15, 0.2) is 53.2 Å². The van der Waals surface area contributed by atoms with Crippen molar-refractivity contribution in [1.82, 2.24) is 19.9 Å². The summed E-state index contributed by atoms with van der Waals surface area (Å²) in [6, 6.07) is 12.2. The van der Waals surface area contributed by atoms with Crippen LogP contribution in [-0.4, -0.2) is 49.5 Å².